The highest BCUT2D eigenvalue weighted by atomic mass is 35.5. The molecule has 1 fully saturated rings. The average Bonchev–Trinajstić information content (AvgIpc) is 3.26. The molecular weight excluding hydrogens is 295 g/mol. The van der Waals surface area contributed by atoms with Crippen molar-refractivity contribution >= 4 is 23.2 Å². The Hall–Kier alpha value is -1.29. The molecule has 0 spiro atoms. The molecule has 3 nitrogen and oxygen atoms in total. The molecule has 0 bridgehead atoms. The van der Waals surface area contributed by atoms with Crippen LogP contribution in [0.5, 0.6) is 11.6 Å². The minimum absolute atomic E-state index is 0.407. The molecule has 1 aromatic heterocycles. The Bertz CT molecular complexity index is 597. The Morgan fingerprint density at radius 3 is 2.60 bits per heavy atom. The van der Waals surface area contributed by atoms with Gasteiger partial charge in [-0.25, -0.2) is 4.98 Å². The van der Waals surface area contributed by atoms with Gasteiger partial charge >= 0.3 is 0 Å². The third-order valence-corrected chi connectivity index (χ3v) is 3.59. The van der Waals surface area contributed by atoms with Crippen LogP contribution in [0, 0.1) is 0 Å². The maximum absolute atomic E-state index is 6.20. The van der Waals surface area contributed by atoms with Crippen LogP contribution in [0.15, 0.2) is 36.5 Å². The number of hydrogen-bond donors (Lipinski definition) is 1. The number of halogens is 2. The van der Waals surface area contributed by atoms with E-state index in [0.717, 1.165) is 12.1 Å². The Labute approximate surface area is 127 Å². The van der Waals surface area contributed by atoms with E-state index in [1.165, 1.54) is 12.8 Å². The van der Waals surface area contributed by atoms with E-state index in [0.29, 0.717) is 27.7 Å². The van der Waals surface area contributed by atoms with Gasteiger partial charge in [-0.1, -0.05) is 23.2 Å². The second kappa shape index (κ2) is 6.00. The first-order valence-electron chi connectivity index (χ1n) is 6.52. The lowest BCUT2D eigenvalue weighted by atomic mass is 10.3. The van der Waals surface area contributed by atoms with Crippen LogP contribution in [0.25, 0.3) is 0 Å². The van der Waals surface area contributed by atoms with E-state index in [-0.39, 0.29) is 0 Å². The van der Waals surface area contributed by atoms with E-state index in [4.69, 9.17) is 27.9 Å². The molecule has 1 aliphatic carbocycles. The normalized spacial score (nSPS) is 14.3. The van der Waals surface area contributed by atoms with E-state index in [1.807, 2.05) is 6.07 Å². The molecule has 0 radical (unpaired) electrons. The summed E-state index contributed by atoms with van der Waals surface area (Å²) in [7, 11) is 0. The zero-order chi connectivity index (χ0) is 13.9. The number of hydrogen-bond acceptors (Lipinski definition) is 3. The minimum atomic E-state index is 0.407. The fraction of sp³-hybridized carbons (Fsp3) is 0.267. The third-order valence-electron chi connectivity index (χ3n) is 3.06. The number of pyridine rings is 1. The van der Waals surface area contributed by atoms with Crippen molar-refractivity contribution in [2.24, 2.45) is 0 Å². The molecule has 104 valence electrons. The van der Waals surface area contributed by atoms with Gasteiger partial charge in [-0.15, -0.1) is 0 Å². The van der Waals surface area contributed by atoms with Gasteiger partial charge < -0.3 is 10.1 Å². The second-order valence-corrected chi connectivity index (χ2v) is 5.69. The summed E-state index contributed by atoms with van der Waals surface area (Å²) in [5, 5.41) is 4.60. The van der Waals surface area contributed by atoms with Crippen molar-refractivity contribution in [2.45, 2.75) is 25.4 Å². The molecular formula is C15H14Cl2N2O. The maximum atomic E-state index is 6.20. The van der Waals surface area contributed by atoms with Gasteiger partial charge in [0.05, 0.1) is 0 Å². The molecule has 0 unspecified atom stereocenters. The van der Waals surface area contributed by atoms with Crippen LogP contribution in [0.3, 0.4) is 0 Å². The number of ether oxygens (including phenoxy) is 1. The fourth-order valence-electron chi connectivity index (χ4n) is 1.80. The molecule has 1 N–H and O–H groups in total. The molecule has 5 heteroatoms. The van der Waals surface area contributed by atoms with Gasteiger partial charge in [-0.3, -0.25) is 0 Å². The fourth-order valence-corrected chi connectivity index (χ4v) is 2.15. The summed E-state index contributed by atoms with van der Waals surface area (Å²) in [5.41, 5.74) is 1.06. The molecule has 0 saturated heterocycles. The van der Waals surface area contributed by atoms with Gasteiger partial charge in [-0.2, -0.15) is 0 Å². The van der Waals surface area contributed by atoms with E-state index >= 15 is 0 Å². The van der Waals surface area contributed by atoms with Crippen LogP contribution < -0.4 is 10.1 Å². The SMILES string of the molecule is Clc1ccc(Oc2ncc(CNC3CC3)cc2Cl)cc1. The van der Waals surface area contributed by atoms with Gasteiger partial charge in [-0.05, 0) is 48.7 Å². The summed E-state index contributed by atoms with van der Waals surface area (Å²) in [4.78, 5) is 4.27. The summed E-state index contributed by atoms with van der Waals surface area (Å²) in [6, 6.07) is 9.64. The first-order valence-corrected chi connectivity index (χ1v) is 7.27. The highest BCUT2D eigenvalue weighted by Gasteiger charge is 2.20. The molecule has 1 heterocycles. The summed E-state index contributed by atoms with van der Waals surface area (Å²) in [6.07, 6.45) is 4.31. The van der Waals surface area contributed by atoms with Crippen molar-refractivity contribution in [3.8, 4) is 11.6 Å². The van der Waals surface area contributed by atoms with Crippen molar-refractivity contribution in [1.29, 1.82) is 0 Å². The van der Waals surface area contributed by atoms with E-state index in [1.54, 1.807) is 30.5 Å². The lowest BCUT2D eigenvalue weighted by molar-refractivity contribution is 0.462. The predicted octanol–water partition coefficient (Wildman–Crippen LogP) is 4.43. The highest BCUT2D eigenvalue weighted by molar-refractivity contribution is 6.32. The minimum Gasteiger partial charge on any atom is -0.438 e. The largest absolute Gasteiger partial charge is 0.438 e. The monoisotopic (exact) mass is 308 g/mol. The maximum Gasteiger partial charge on any atom is 0.238 e. The van der Waals surface area contributed by atoms with Crippen LogP contribution in [0.2, 0.25) is 10.0 Å². The van der Waals surface area contributed by atoms with Crippen molar-refractivity contribution in [3.63, 3.8) is 0 Å². The Morgan fingerprint density at radius 1 is 1.20 bits per heavy atom. The highest BCUT2D eigenvalue weighted by Crippen LogP contribution is 2.28. The zero-order valence-corrected chi connectivity index (χ0v) is 12.3. The molecule has 20 heavy (non-hydrogen) atoms. The van der Waals surface area contributed by atoms with Crippen LogP contribution in [-0.4, -0.2) is 11.0 Å². The van der Waals surface area contributed by atoms with Gasteiger partial charge in [0.2, 0.25) is 5.88 Å². The van der Waals surface area contributed by atoms with E-state index < -0.39 is 0 Å². The summed E-state index contributed by atoms with van der Waals surface area (Å²) in [5.74, 6) is 1.07. The summed E-state index contributed by atoms with van der Waals surface area (Å²) in [6.45, 7) is 0.790. The standard InChI is InChI=1S/C15H14Cl2N2O/c16-11-1-5-13(6-2-11)20-15-14(17)7-10(9-19-15)8-18-12-3-4-12/h1-2,5-7,9,12,18H,3-4,8H2. The van der Waals surface area contributed by atoms with Gasteiger partial charge in [0, 0.05) is 23.8 Å². The lowest BCUT2D eigenvalue weighted by Crippen LogP contribution is -2.15. The summed E-state index contributed by atoms with van der Waals surface area (Å²) < 4.78 is 5.63. The lowest BCUT2D eigenvalue weighted by Gasteiger charge is -2.08. The van der Waals surface area contributed by atoms with Crippen molar-refractivity contribution < 1.29 is 4.74 Å². The molecule has 1 aliphatic rings. The smallest absolute Gasteiger partial charge is 0.238 e. The molecule has 2 aromatic rings. The third kappa shape index (κ3) is 3.63. The molecule has 3 rings (SSSR count). The van der Waals surface area contributed by atoms with Gasteiger partial charge in [0.25, 0.3) is 0 Å². The van der Waals surface area contributed by atoms with E-state index in [9.17, 15) is 0 Å². The van der Waals surface area contributed by atoms with Crippen LogP contribution in [-0.2, 0) is 6.54 Å². The Balaban J connectivity index is 1.68. The quantitative estimate of drug-likeness (QED) is 0.887. The zero-order valence-electron chi connectivity index (χ0n) is 10.8. The Kier molecular flexibility index (Phi) is 4.10. The molecule has 1 saturated carbocycles. The van der Waals surface area contributed by atoms with E-state index in [2.05, 4.69) is 10.3 Å². The van der Waals surface area contributed by atoms with Gasteiger partial charge in [0.15, 0.2) is 0 Å². The summed E-state index contributed by atoms with van der Waals surface area (Å²) >= 11 is 12.0. The predicted molar refractivity (Wildman–Crippen MR) is 80.6 cm³/mol. The number of aromatic nitrogens is 1. The number of nitrogens with one attached hydrogen (secondary N) is 1. The average molecular weight is 309 g/mol. The molecule has 0 amide bonds. The van der Waals surface area contributed by atoms with Crippen molar-refractivity contribution in [1.82, 2.24) is 10.3 Å². The van der Waals surface area contributed by atoms with Crippen LogP contribution in [0.4, 0.5) is 0 Å². The number of rotatable bonds is 5. The van der Waals surface area contributed by atoms with Crippen LogP contribution >= 0.6 is 23.2 Å². The van der Waals surface area contributed by atoms with Gasteiger partial charge in [0.1, 0.15) is 10.8 Å². The molecule has 1 aromatic carbocycles. The number of benzene rings is 1. The van der Waals surface area contributed by atoms with Crippen LogP contribution in [0.1, 0.15) is 18.4 Å². The first kappa shape index (κ1) is 13.7. The second-order valence-electron chi connectivity index (χ2n) is 4.84. The topological polar surface area (TPSA) is 34.1 Å². The van der Waals surface area contributed by atoms with Crippen molar-refractivity contribution in [2.75, 3.05) is 0 Å². The molecule has 0 aliphatic heterocycles. The first-order chi connectivity index (χ1) is 9.70. The number of nitrogens with zero attached hydrogens (tertiary/aromatic N) is 1. The Morgan fingerprint density at radius 2 is 1.95 bits per heavy atom. The molecule has 0 atom stereocenters. The van der Waals surface area contributed by atoms with Crippen molar-refractivity contribution in [3.05, 3.63) is 52.1 Å².